The average molecular weight is 444 g/mol. The standard InChI is InChI=1S/C21H19F3N6O2/c22-16-5-6-17(20(24)19(16)23)28-21(31)27-14-3-1-13(2-4-14)26-18-11-15(12-25-29-18)30-7-9-32-10-8-30/h1-6,11-12H,7-10H2,(H,26,29)(H2,27,28,31). The van der Waals surface area contributed by atoms with E-state index >= 15 is 0 Å². The van der Waals surface area contributed by atoms with Crippen LogP contribution in [0.5, 0.6) is 0 Å². The first kappa shape index (κ1) is 21.4. The maximum Gasteiger partial charge on any atom is 0.323 e. The van der Waals surface area contributed by atoms with Crippen molar-refractivity contribution in [2.75, 3.05) is 47.2 Å². The molecule has 0 unspecified atom stereocenters. The Balaban J connectivity index is 1.36. The second-order valence-electron chi connectivity index (χ2n) is 6.90. The van der Waals surface area contributed by atoms with Gasteiger partial charge in [-0.25, -0.2) is 18.0 Å². The molecule has 1 aliphatic rings. The highest BCUT2D eigenvalue weighted by Gasteiger charge is 2.15. The minimum Gasteiger partial charge on any atom is -0.378 e. The number of amides is 2. The molecule has 166 valence electrons. The van der Waals surface area contributed by atoms with E-state index in [4.69, 9.17) is 4.74 Å². The van der Waals surface area contributed by atoms with Gasteiger partial charge in [0.2, 0.25) is 0 Å². The summed E-state index contributed by atoms with van der Waals surface area (Å²) in [6.07, 6.45) is 1.69. The first-order valence-electron chi connectivity index (χ1n) is 9.73. The number of urea groups is 1. The van der Waals surface area contributed by atoms with Crippen molar-refractivity contribution in [2.24, 2.45) is 0 Å². The summed E-state index contributed by atoms with van der Waals surface area (Å²) in [5.41, 5.74) is 1.57. The molecule has 1 saturated heterocycles. The number of rotatable bonds is 5. The number of anilines is 5. The van der Waals surface area contributed by atoms with Crippen LogP contribution in [-0.4, -0.2) is 42.5 Å². The number of hydrogen-bond donors (Lipinski definition) is 3. The SMILES string of the molecule is O=C(Nc1ccc(Nc2cc(N3CCOCC3)cnn2)cc1)Nc1ccc(F)c(F)c1F. The molecule has 0 aliphatic carbocycles. The van der Waals surface area contributed by atoms with E-state index in [1.54, 1.807) is 30.5 Å². The van der Waals surface area contributed by atoms with Crippen molar-refractivity contribution in [2.45, 2.75) is 0 Å². The Morgan fingerprint density at radius 1 is 0.938 bits per heavy atom. The number of hydrogen-bond acceptors (Lipinski definition) is 6. The Labute approximate surface area is 181 Å². The summed E-state index contributed by atoms with van der Waals surface area (Å²) in [5.74, 6) is -3.91. The molecule has 3 aromatic rings. The van der Waals surface area contributed by atoms with Gasteiger partial charge in [-0.05, 0) is 36.4 Å². The highest BCUT2D eigenvalue weighted by molar-refractivity contribution is 5.99. The lowest BCUT2D eigenvalue weighted by molar-refractivity contribution is 0.122. The van der Waals surface area contributed by atoms with Crippen LogP contribution < -0.4 is 20.9 Å². The van der Waals surface area contributed by atoms with Gasteiger partial charge in [0.25, 0.3) is 0 Å². The van der Waals surface area contributed by atoms with E-state index in [1.165, 1.54) is 0 Å². The van der Waals surface area contributed by atoms with Gasteiger partial charge in [-0.3, -0.25) is 0 Å². The van der Waals surface area contributed by atoms with E-state index < -0.39 is 29.2 Å². The van der Waals surface area contributed by atoms with Crippen LogP contribution in [0.2, 0.25) is 0 Å². The second-order valence-corrected chi connectivity index (χ2v) is 6.90. The van der Waals surface area contributed by atoms with Crippen molar-refractivity contribution in [3.05, 3.63) is 66.1 Å². The number of nitrogens with one attached hydrogen (secondary N) is 3. The lowest BCUT2D eigenvalue weighted by atomic mass is 10.2. The fourth-order valence-electron chi connectivity index (χ4n) is 3.10. The molecule has 0 radical (unpaired) electrons. The molecule has 0 atom stereocenters. The highest BCUT2D eigenvalue weighted by Crippen LogP contribution is 2.23. The molecular formula is C21H19F3N6O2. The highest BCUT2D eigenvalue weighted by atomic mass is 19.2. The van der Waals surface area contributed by atoms with E-state index in [2.05, 4.69) is 31.0 Å². The summed E-state index contributed by atoms with van der Waals surface area (Å²) in [6, 6.07) is 9.38. The van der Waals surface area contributed by atoms with E-state index in [0.29, 0.717) is 30.4 Å². The third-order valence-corrected chi connectivity index (χ3v) is 4.71. The molecule has 4 rings (SSSR count). The van der Waals surface area contributed by atoms with Gasteiger partial charge in [-0.1, -0.05) is 0 Å². The first-order chi connectivity index (χ1) is 15.5. The zero-order valence-corrected chi connectivity index (χ0v) is 16.7. The number of aromatic nitrogens is 2. The smallest absolute Gasteiger partial charge is 0.323 e. The fourth-order valence-corrected chi connectivity index (χ4v) is 3.10. The topological polar surface area (TPSA) is 91.4 Å². The number of carbonyl (C=O) groups is 1. The Morgan fingerprint density at radius 3 is 2.41 bits per heavy atom. The van der Waals surface area contributed by atoms with Gasteiger partial charge in [0.15, 0.2) is 23.3 Å². The predicted molar refractivity (Wildman–Crippen MR) is 114 cm³/mol. The summed E-state index contributed by atoms with van der Waals surface area (Å²) in [6.45, 7) is 2.88. The predicted octanol–water partition coefficient (Wildman–Crippen LogP) is 4.12. The lowest BCUT2D eigenvalue weighted by Gasteiger charge is -2.28. The van der Waals surface area contributed by atoms with E-state index in [0.717, 1.165) is 30.9 Å². The first-order valence-corrected chi connectivity index (χ1v) is 9.73. The van der Waals surface area contributed by atoms with Gasteiger partial charge in [-0.2, -0.15) is 5.10 Å². The molecule has 2 amide bonds. The van der Waals surface area contributed by atoms with Crippen LogP contribution in [0.3, 0.4) is 0 Å². The number of nitrogens with zero attached hydrogens (tertiary/aromatic N) is 3. The number of benzene rings is 2. The summed E-state index contributed by atoms with van der Waals surface area (Å²) in [5, 5.41) is 15.9. The summed E-state index contributed by atoms with van der Waals surface area (Å²) in [4.78, 5) is 14.2. The maximum atomic E-state index is 13.7. The molecule has 2 heterocycles. The molecule has 2 aromatic carbocycles. The molecule has 3 N–H and O–H groups in total. The van der Waals surface area contributed by atoms with Gasteiger partial charge in [0.1, 0.15) is 0 Å². The number of ether oxygens (including phenoxy) is 1. The molecule has 0 bridgehead atoms. The average Bonchev–Trinajstić information content (AvgIpc) is 2.81. The van der Waals surface area contributed by atoms with Crippen molar-refractivity contribution < 1.29 is 22.7 Å². The van der Waals surface area contributed by atoms with Crippen molar-refractivity contribution in [1.82, 2.24) is 10.2 Å². The minimum atomic E-state index is -1.65. The Kier molecular flexibility index (Phi) is 6.36. The zero-order chi connectivity index (χ0) is 22.5. The summed E-state index contributed by atoms with van der Waals surface area (Å²) >= 11 is 0. The van der Waals surface area contributed by atoms with E-state index in [-0.39, 0.29) is 0 Å². The number of carbonyl (C=O) groups excluding carboxylic acids is 1. The molecule has 1 fully saturated rings. The molecule has 0 saturated carbocycles. The van der Waals surface area contributed by atoms with Crippen LogP contribution >= 0.6 is 0 Å². The van der Waals surface area contributed by atoms with E-state index in [1.807, 2.05) is 6.07 Å². The zero-order valence-electron chi connectivity index (χ0n) is 16.7. The summed E-state index contributed by atoms with van der Waals surface area (Å²) < 4.78 is 45.3. The minimum absolute atomic E-state index is 0.407. The van der Waals surface area contributed by atoms with Crippen molar-refractivity contribution in [1.29, 1.82) is 0 Å². The van der Waals surface area contributed by atoms with Crippen LogP contribution in [0.25, 0.3) is 0 Å². The van der Waals surface area contributed by atoms with Crippen LogP contribution in [0.15, 0.2) is 48.7 Å². The quantitative estimate of drug-likeness (QED) is 0.513. The number of halogens is 3. The van der Waals surface area contributed by atoms with Crippen molar-refractivity contribution in [3.63, 3.8) is 0 Å². The van der Waals surface area contributed by atoms with Crippen LogP contribution in [0.1, 0.15) is 0 Å². The molecular weight excluding hydrogens is 425 g/mol. The molecule has 32 heavy (non-hydrogen) atoms. The summed E-state index contributed by atoms with van der Waals surface area (Å²) in [7, 11) is 0. The number of morpholine rings is 1. The largest absolute Gasteiger partial charge is 0.378 e. The van der Waals surface area contributed by atoms with Crippen molar-refractivity contribution >= 4 is 34.6 Å². The van der Waals surface area contributed by atoms with Crippen molar-refractivity contribution in [3.8, 4) is 0 Å². The Bertz CT molecular complexity index is 1110. The molecule has 1 aromatic heterocycles. The van der Waals surface area contributed by atoms with Crippen LogP contribution in [-0.2, 0) is 4.74 Å². The van der Waals surface area contributed by atoms with Crippen LogP contribution in [0, 0.1) is 17.5 Å². The Hall–Kier alpha value is -3.86. The van der Waals surface area contributed by atoms with Gasteiger partial charge in [0, 0.05) is 30.5 Å². The van der Waals surface area contributed by atoms with Gasteiger partial charge in [-0.15, -0.1) is 5.10 Å². The third-order valence-electron chi connectivity index (χ3n) is 4.71. The third kappa shape index (κ3) is 5.06. The lowest BCUT2D eigenvalue weighted by Crippen LogP contribution is -2.36. The monoisotopic (exact) mass is 444 g/mol. The molecule has 8 nitrogen and oxygen atoms in total. The van der Waals surface area contributed by atoms with E-state index in [9.17, 15) is 18.0 Å². The molecule has 11 heteroatoms. The Morgan fingerprint density at radius 2 is 1.66 bits per heavy atom. The normalized spacial score (nSPS) is 13.5. The van der Waals surface area contributed by atoms with Gasteiger partial charge in [0.05, 0.1) is 30.8 Å². The molecule has 1 aliphatic heterocycles. The fraction of sp³-hybridized carbons (Fsp3) is 0.190. The van der Waals surface area contributed by atoms with Gasteiger partial charge < -0.3 is 25.6 Å². The maximum absolute atomic E-state index is 13.7. The van der Waals surface area contributed by atoms with Crippen LogP contribution in [0.4, 0.5) is 46.5 Å². The second kappa shape index (κ2) is 9.52. The molecule has 0 spiro atoms. The van der Waals surface area contributed by atoms with Gasteiger partial charge >= 0.3 is 6.03 Å².